The molecule has 2 heterocycles. The van der Waals surface area contributed by atoms with E-state index in [1.165, 1.54) is 0 Å². The first kappa shape index (κ1) is 11.3. The van der Waals surface area contributed by atoms with Crippen molar-refractivity contribution < 1.29 is 5.11 Å². The first-order valence-electron chi connectivity index (χ1n) is 5.81. The monoisotopic (exact) mass is 221 g/mol. The molecular weight excluding hydrogens is 202 g/mol. The molecule has 0 amide bonds. The van der Waals surface area contributed by atoms with Gasteiger partial charge in [0.2, 0.25) is 0 Å². The maximum Gasteiger partial charge on any atom is 0.132 e. The van der Waals surface area contributed by atoms with Gasteiger partial charge in [-0.15, -0.1) is 0 Å². The second-order valence-corrected chi connectivity index (χ2v) is 4.69. The highest BCUT2D eigenvalue weighted by Crippen LogP contribution is 2.22. The predicted molar refractivity (Wildman–Crippen MR) is 63.5 cm³/mol. The molecule has 0 radical (unpaired) electrons. The SMILES string of the molecule is Cc1cc(N2CCC(O)C(C)C2)nc(C)n1. The number of rotatable bonds is 1. The zero-order valence-electron chi connectivity index (χ0n) is 10.1. The van der Waals surface area contributed by atoms with Gasteiger partial charge in [-0.1, -0.05) is 6.92 Å². The third-order valence-corrected chi connectivity index (χ3v) is 3.14. The van der Waals surface area contributed by atoms with E-state index >= 15 is 0 Å². The van der Waals surface area contributed by atoms with Crippen molar-refractivity contribution in [3.05, 3.63) is 17.6 Å². The Bertz CT molecular complexity index is 360. The Morgan fingerprint density at radius 1 is 1.38 bits per heavy atom. The summed E-state index contributed by atoms with van der Waals surface area (Å²) in [6.07, 6.45) is 0.656. The van der Waals surface area contributed by atoms with Crippen LogP contribution in [0.4, 0.5) is 5.82 Å². The third-order valence-electron chi connectivity index (χ3n) is 3.14. The molecule has 1 saturated heterocycles. The molecule has 1 aromatic rings. The lowest BCUT2D eigenvalue weighted by Gasteiger charge is -2.35. The van der Waals surface area contributed by atoms with Crippen molar-refractivity contribution in [1.29, 1.82) is 0 Å². The minimum atomic E-state index is -0.166. The molecule has 0 saturated carbocycles. The van der Waals surface area contributed by atoms with Crippen molar-refractivity contribution in [3.8, 4) is 0 Å². The maximum absolute atomic E-state index is 9.69. The molecule has 1 N–H and O–H groups in total. The number of aromatic nitrogens is 2. The number of aryl methyl sites for hydroxylation is 2. The molecule has 0 bridgehead atoms. The van der Waals surface area contributed by atoms with Crippen molar-refractivity contribution in [2.75, 3.05) is 18.0 Å². The summed E-state index contributed by atoms with van der Waals surface area (Å²) < 4.78 is 0. The summed E-state index contributed by atoms with van der Waals surface area (Å²) in [5.74, 6) is 2.11. The fourth-order valence-corrected chi connectivity index (χ4v) is 2.20. The van der Waals surface area contributed by atoms with Gasteiger partial charge in [0.25, 0.3) is 0 Å². The van der Waals surface area contributed by atoms with Crippen molar-refractivity contribution >= 4 is 5.82 Å². The van der Waals surface area contributed by atoms with E-state index in [0.29, 0.717) is 5.92 Å². The first-order chi connectivity index (χ1) is 7.56. The highest BCUT2D eigenvalue weighted by molar-refractivity contribution is 5.40. The lowest BCUT2D eigenvalue weighted by atomic mass is 9.97. The molecule has 1 aliphatic rings. The molecule has 4 nitrogen and oxygen atoms in total. The summed E-state index contributed by atoms with van der Waals surface area (Å²) in [7, 11) is 0. The van der Waals surface area contributed by atoms with Crippen LogP contribution in [-0.4, -0.2) is 34.3 Å². The van der Waals surface area contributed by atoms with Crippen LogP contribution in [0.15, 0.2) is 6.07 Å². The van der Waals surface area contributed by atoms with Gasteiger partial charge in [0, 0.05) is 24.8 Å². The van der Waals surface area contributed by atoms with E-state index < -0.39 is 0 Å². The number of hydrogen-bond donors (Lipinski definition) is 1. The molecule has 16 heavy (non-hydrogen) atoms. The van der Waals surface area contributed by atoms with Gasteiger partial charge in [-0.05, 0) is 26.2 Å². The fraction of sp³-hybridized carbons (Fsp3) is 0.667. The lowest BCUT2D eigenvalue weighted by molar-refractivity contribution is 0.0969. The summed E-state index contributed by atoms with van der Waals surface area (Å²) in [4.78, 5) is 11.0. The van der Waals surface area contributed by atoms with E-state index in [1.54, 1.807) is 0 Å². The van der Waals surface area contributed by atoms with Crippen molar-refractivity contribution in [2.24, 2.45) is 5.92 Å². The van der Waals surface area contributed by atoms with Crippen LogP contribution in [0.25, 0.3) is 0 Å². The lowest BCUT2D eigenvalue weighted by Crippen LogP contribution is -2.42. The second-order valence-electron chi connectivity index (χ2n) is 4.69. The fourth-order valence-electron chi connectivity index (χ4n) is 2.20. The highest BCUT2D eigenvalue weighted by atomic mass is 16.3. The summed E-state index contributed by atoms with van der Waals surface area (Å²) in [5, 5.41) is 9.69. The average Bonchev–Trinajstić information content (AvgIpc) is 2.20. The zero-order chi connectivity index (χ0) is 11.7. The van der Waals surface area contributed by atoms with Crippen molar-refractivity contribution in [2.45, 2.75) is 33.3 Å². The van der Waals surface area contributed by atoms with Crippen LogP contribution in [0.1, 0.15) is 24.9 Å². The molecule has 2 unspecified atom stereocenters. The highest BCUT2D eigenvalue weighted by Gasteiger charge is 2.25. The number of hydrogen-bond acceptors (Lipinski definition) is 4. The summed E-state index contributed by atoms with van der Waals surface area (Å²) in [6, 6.07) is 2.01. The van der Waals surface area contributed by atoms with E-state index in [0.717, 1.165) is 36.8 Å². The topological polar surface area (TPSA) is 49.2 Å². The predicted octanol–water partition coefficient (Wildman–Crippen LogP) is 1.30. The maximum atomic E-state index is 9.69. The molecule has 0 spiro atoms. The molecule has 2 rings (SSSR count). The van der Waals surface area contributed by atoms with Crippen LogP contribution < -0.4 is 4.90 Å². The number of nitrogens with zero attached hydrogens (tertiary/aromatic N) is 3. The van der Waals surface area contributed by atoms with Crippen LogP contribution in [-0.2, 0) is 0 Å². The van der Waals surface area contributed by atoms with Crippen LogP contribution in [0, 0.1) is 19.8 Å². The molecule has 88 valence electrons. The number of aliphatic hydroxyl groups excluding tert-OH is 1. The Morgan fingerprint density at radius 2 is 2.12 bits per heavy atom. The van der Waals surface area contributed by atoms with Crippen molar-refractivity contribution in [1.82, 2.24) is 9.97 Å². The zero-order valence-corrected chi connectivity index (χ0v) is 10.1. The quantitative estimate of drug-likeness (QED) is 0.776. The van der Waals surface area contributed by atoms with Gasteiger partial charge in [0.05, 0.1) is 6.10 Å². The van der Waals surface area contributed by atoms with Gasteiger partial charge in [-0.25, -0.2) is 9.97 Å². The normalized spacial score (nSPS) is 25.9. The minimum Gasteiger partial charge on any atom is -0.393 e. The van der Waals surface area contributed by atoms with E-state index in [-0.39, 0.29) is 6.10 Å². The van der Waals surface area contributed by atoms with E-state index in [4.69, 9.17) is 0 Å². The van der Waals surface area contributed by atoms with Gasteiger partial charge >= 0.3 is 0 Å². The number of anilines is 1. The van der Waals surface area contributed by atoms with Gasteiger partial charge < -0.3 is 10.0 Å². The molecule has 0 aliphatic carbocycles. The smallest absolute Gasteiger partial charge is 0.132 e. The van der Waals surface area contributed by atoms with Gasteiger partial charge in [-0.2, -0.15) is 0 Å². The molecule has 1 aliphatic heterocycles. The molecular formula is C12H19N3O. The van der Waals surface area contributed by atoms with Gasteiger partial charge in [0.15, 0.2) is 0 Å². The Labute approximate surface area is 96.3 Å². The second kappa shape index (κ2) is 4.37. The molecule has 4 heteroatoms. The Morgan fingerprint density at radius 3 is 2.75 bits per heavy atom. The molecule has 1 fully saturated rings. The largest absolute Gasteiger partial charge is 0.393 e. The van der Waals surface area contributed by atoms with Crippen molar-refractivity contribution in [3.63, 3.8) is 0 Å². The number of aliphatic hydroxyl groups is 1. The first-order valence-corrected chi connectivity index (χ1v) is 5.81. The average molecular weight is 221 g/mol. The Balaban J connectivity index is 2.18. The molecule has 1 aromatic heterocycles. The summed E-state index contributed by atoms with van der Waals surface area (Å²) >= 11 is 0. The van der Waals surface area contributed by atoms with Crippen LogP contribution in [0.3, 0.4) is 0 Å². The third kappa shape index (κ3) is 2.32. The van der Waals surface area contributed by atoms with E-state index in [2.05, 4.69) is 21.8 Å². The summed E-state index contributed by atoms with van der Waals surface area (Å²) in [6.45, 7) is 7.73. The molecule has 2 atom stereocenters. The summed E-state index contributed by atoms with van der Waals surface area (Å²) in [5.41, 5.74) is 1.00. The van der Waals surface area contributed by atoms with Gasteiger partial charge in [0.1, 0.15) is 11.6 Å². The van der Waals surface area contributed by atoms with Gasteiger partial charge in [-0.3, -0.25) is 0 Å². The van der Waals surface area contributed by atoms with Crippen LogP contribution >= 0.6 is 0 Å². The Hall–Kier alpha value is -1.16. The number of piperidine rings is 1. The van der Waals surface area contributed by atoms with Crippen LogP contribution in [0.5, 0.6) is 0 Å². The van der Waals surface area contributed by atoms with E-state index in [1.807, 2.05) is 19.9 Å². The van der Waals surface area contributed by atoms with Crippen LogP contribution in [0.2, 0.25) is 0 Å². The Kier molecular flexibility index (Phi) is 3.10. The standard InChI is InChI=1S/C12H19N3O/c1-8-7-15(5-4-11(8)16)12-6-9(2)13-10(3)14-12/h6,8,11,16H,4-5,7H2,1-3H3. The van der Waals surface area contributed by atoms with E-state index in [9.17, 15) is 5.11 Å². The molecule has 0 aromatic carbocycles. The minimum absolute atomic E-state index is 0.166.